The minimum Gasteiger partial charge on any atom is -0.330 e. The van der Waals surface area contributed by atoms with Crippen LogP contribution >= 0.6 is 0 Å². The van der Waals surface area contributed by atoms with Crippen molar-refractivity contribution in [2.75, 3.05) is 31.1 Å². The molecule has 2 aliphatic rings. The van der Waals surface area contributed by atoms with Gasteiger partial charge in [-0.1, -0.05) is 13.3 Å². The first-order valence-electron chi connectivity index (χ1n) is 7.16. The monoisotopic (exact) mass is 274 g/mol. The van der Waals surface area contributed by atoms with Gasteiger partial charge in [0.1, 0.15) is 0 Å². The van der Waals surface area contributed by atoms with Crippen LogP contribution in [0.15, 0.2) is 0 Å². The summed E-state index contributed by atoms with van der Waals surface area (Å²) < 4.78 is 23.3. The van der Waals surface area contributed by atoms with Gasteiger partial charge in [-0.3, -0.25) is 4.90 Å². The number of rotatable bonds is 2. The van der Waals surface area contributed by atoms with E-state index in [0.717, 1.165) is 25.4 Å². The van der Waals surface area contributed by atoms with E-state index in [4.69, 9.17) is 5.73 Å². The van der Waals surface area contributed by atoms with E-state index in [0.29, 0.717) is 30.0 Å². The third-order valence-electron chi connectivity index (χ3n) is 4.58. The largest absolute Gasteiger partial charge is 0.330 e. The van der Waals surface area contributed by atoms with Crippen LogP contribution in [0.3, 0.4) is 0 Å². The summed E-state index contributed by atoms with van der Waals surface area (Å²) in [5.74, 6) is 1.99. The summed E-state index contributed by atoms with van der Waals surface area (Å²) in [6.07, 6.45) is 4.43. The summed E-state index contributed by atoms with van der Waals surface area (Å²) in [4.78, 5) is 2.40. The van der Waals surface area contributed by atoms with E-state index in [1.54, 1.807) is 0 Å². The van der Waals surface area contributed by atoms with Crippen LogP contribution in [0.1, 0.15) is 32.6 Å². The molecule has 0 bridgehead atoms. The number of hydrogen-bond acceptors (Lipinski definition) is 4. The van der Waals surface area contributed by atoms with Gasteiger partial charge in [-0.25, -0.2) is 8.42 Å². The van der Waals surface area contributed by atoms with Crippen molar-refractivity contribution < 1.29 is 8.42 Å². The Bertz CT molecular complexity index is 369. The summed E-state index contributed by atoms with van der Waals surface area (Å²) in [6.45, 7) is 4.66. The van der Waals surface area contributed by atoms with Crippen LogP contribution in [-0.2, 0) is 9.84 Å². The van der Waals surface area contributed by atoms with Crippen molar-refractivity contribution >= 4 is 9.84 Å². The molecule has 1 aliphatic carbocycles. The maximum absolute atomic E-state index is 11.7. The maximum Gasteiger partial charge on any atom is 0.151 e. The zero-order valence-corrected chi connectivity index (χ0v) is 12.2. The average molecular weight is 274 g/mol. The molecule has 2 rings (SSSR count). The first kappa shape index (κ1) is 14.3. The zero-order chi connectivity index (χ0) is 13.2. The van der Waals surface area contributed by atoms with Gasteiger partial charge in [-0.15, -0.1) is 0 Å². The fraction of sp³-hybridized carbons (Fsp3) is 1.00. The van der Waals surface area contributed by atoms with Crippen LogP contribution < -0.4 is 5.73 Å². The topological polar surface area (TPSA) is 63.4 Å². The Morgan fingerprint density at radius 3 is 2.72 bits per heavy atom. The molecule has 0 spiro atoms. The molecule has 2 N–H and O–H groups in total. The van der Waals surface area contributed by atoms with Crippen LogP contribution in [0.2, 0.25) is 0 Å². The molecule has 0 aromatic heterocycles. The summed E-state index contributed by atoms with van der Waals surface area (Å²) in [6, 6.07) is 0.507. The molecule has 0 aromatic carbocycles. The van der Waals surface area contributed by atoms with Crippen molar-refractivity contribution in [1.29, 1.82) is 0 Å². The molecule has 0 amide bonds. The van der Waals surface area contributed by atoms with Crippen molar-refractivity contribution in [2.24, 2.45) is 17.6 Å². The first-order valence-corrected chi connectivity index (χ1v) is 8.98. The molecule has 2 fully saturated rings. The molecule has 1 saturated heterocycles. The van der Waals surface area contributed by atoms with Crippen LogP contribution in [0.25, 0.3) is 0 Å². The quantitative estimate of drug-likeness (QED) is 0.811. The van der Waals surface area contributed by atoms with Crippen LogP contribution in [0.4, 0.5) is 0 Å². The third-order valence-corrected chi connectivity index (χ3v) is 6.30. The predicted octanol–water partition coefficient (Wildman–Crippen LogP) is 0.870. The van der Waals surface area contributed by atoms with Crippen molar-refractivity contribution in [3.63, 3.8) is 0 Å². The zero-order valence-electron chi connectivity index (χ0n) is 11.3. The van der Waals surface area contributed by atoms with Gasteiger partial charge in [-0.2, -0.15) is 0 Å². The predicted molar refractivity (Wildman–Crippen MR) is 74.2 cm³/mol. The molecule has 0 aromatic rings. The highest BCUT2D eigenvalue weighted by Gasteiger charge is 2.33. The molecule has 18 heavy (non-hydrogen) atoms. The third kappa shape index (κ3) is 3.45. The van der Waals surface area contributed by atoms with Gasteiger partial charge in [0.25, 0.3) is 0 Å². The lowest BCUT2D eigenvalue weighted by atomic mass is 9.78. The molecule has 1 saturated carbocycles. The fourth-order valence-electron chi connectivity index (χ4n) is 3.43. The molecule has 5 heteroatoms. The second-order valence-corrected chi connectivity index (χ2v) is 8.33. The molecule has 1 heterocycles. The molecule has 4 nitrogen and oxygen atoms in total. The standard InChI is InChI=1S/C13H26N2O2S/c1-11-3-4-12(10-14)13(9-11)15-5-2-7-18(16,17)8-6-15/h11-13H,2-10,14H2,1H3. The lowest BCUT2D eigenvalue weighted by Gasteiger charge is -2.41. The van der Waals surface area contributed by atoms with Gasteiger partial charge in [-0.05, 0) is 44.2 Å². The molecule has 3 atom stereocenters. The molecule has 0 radical (unpaired) electrons. The Morgan fingerprint density at radius 2 is 2.00 bits per heavy atom. The minimum atomic E-state index is -2.80. The Kier molecular flexibility index (Phi) is 4.67. The summed E-state index contributed by atoms with van der Waals surface area (Å²) >= 11 is 0. The number of nitrogens with zero attached hydrogens (tertiary/aromatic N) is 1. The SMILES string of the molecule is CC1CCC(CN)C(N2CCCS(=O)(=O)CC2)C1. The summed E-state index contributed by atoms with van der Waals surface area (Å²) in [5, 5.41) is 0. The fourth-order valence-corrected chi connectivity index (χ4v) is 4.71. The second kappa shape index (κ2) is 5.88. The Balaban J connectivity index is 2.04. The Morgan fingerprint density at radius 1 is 1.22 bits per heavy atom. The summed E-state index contributed by atoms with van der Waals surface area (Å²) in [5.41, 5.74) is 5.89. The highest BCUT2D eigenvalue weighted by atomic mass is 32.2. The van der Waals surface area contributed by atoms with Gasteiger partial charge >= 0.3 is 0 Å². The lowest BCUT2D eigenvalue weighted by molar-refractivity contribution is 0.0927. The normalized spacial score (nSPS) is 38.2. The first-order chi connectivity index (χ1) is 8.52. The molecular formula is C13H26N2O2S. The summed E-state index contributed by atoms with van der Waals surface area (Å²) in [7, 11) is -2.80. The van der Waals surface area contributed by atoms with Gasteiger partial charge in [0, 0.05) is 12.6 Å². The van der Waals surface area contributed by atoms with Crippen molar-refractivity contribution in [3.8, 4) is 0 Å². The van der Waals surface area contributed by atoms with Gasteiger partial charge < -0.3 is 5.73 Å². The number of sulfone groups is 1. The van der Waals surface area contributed by atoms with E-state index in [1.807, 2.05) is 0 Å². The van der Waals surface area contributed by atoms with E-state index >= 15 is 0 Å². The molecule has 106 valence electrons. The smallest absolute Gasteiger partial charge is 0.151 e. The molecule has 3 unspecified atom stereocenters. The van der Waals surface area contributed by atoms with Gasteiger partial charge in [0.15, 0.2) is 9.84 Å². The van der Waals surface area contributed by atoms with Crippen molar-refractivity contribution in [2.45, 2.75) is 38.6 Å². The second-order valence-electron chi connectivity index (χ2n) is 6.02. The Labute approximate surface area is 111 Å². The average Bonchev–Trinajstić information content (AvgIpc) is 2.50. The van der Waals surface area contributed by atoms with Crippen molar-refractivity contribution in [3.05, 3.63) is 0 Å². The van der Waals surface area contributed by atoms with Gasteiger partial charge in [0.2, 0.25) is 0 Å². The minimum absolute atomic E-state index is 0.329. The number of nitrogens with two attached hydrogens (primary N) is 1. The van der Waals surface area contributed by atoms with Crippen molar-refractivity contribution in [1.82, 2.24) is 4.90 Å². The van der Waals surface area contributed by atoms with Crippen LogP contribution in [0, 0.1) is 11.8 Å². The molecule has 1 aliphatic heterocycles. The van der Waals surface area contributed by atoms with E-state index in [-0.39, 0.29) is 0 Å². The maximum atomic E-state index is 11.7. The van der Waals surface area contributed by atoms with Gasteiger partial charge in [0.05, 0.1) is 11.5 Å². The lowest BCUT2D eigenvalue weighted by Crippen LogP contribution is -2.47. The van der Waals surface area contributed by atoms with Crippen LogP contribution in [-0.4, -0.2) is 50.5 Å². The highest BCUT2D eigenvalue weighted by Crippen LogP contribution is 2.32. The Hall–Kier alpha value is -0.130. The van der Waals surface area contributed by atoms with Crippen LogP contribution in [0.5, 0.6) is 0 Å². The molecular weight excluding hydrogens is 248 g/mol. The van der Waals surface area contributed by atoms with E-state index in [2.05, 4.69) is 11.8 Å². The highest BCUT2D eigenvalue weighted by molar-refractivity contribution is 7.91. The number of hydrogen-bond donors (Lipinski definition) is 1. The van der Waals surface area contributed by atoms with E-state index in [1.165, 1.54) is 19.3 Å². The van der Waals surface area contributed by atoms with E-state index < -0.39 is 9.84 Å². The van der Waals surface area contributed by atoms with E-state index in [9.17, 15) is 8.42 Å².